The van der Waals surface area contributed by atoms with E-state index in [0.717, 1.165) is 58.8 Å². The summed E-state index contributed by atoms with van der Waals surface area (Å²) in [5, 5.41) is 11.9. The van der Waals surface area contributed by atoms with Crippen molar-refractivity contribution in [2.24, 2.45) is 12.5 Å². The molecule has 0 unspecified atom stereocenters. The standard InChI is InChI=1S/C33H36N12O2/c1-22-17-23(7-10-34-22)29-30-25(38-39-29)4-6-27(37-30)45-12-9-33(32(45)47)8-11-42(20-33)19-28(46)44-15-13-43(14-16-44)26-5-3-24(18-35-26)31-36-21-41(2)40-31/h3-7,10,17-18,21H,8-9,11-16,19-20H2,1-2H3,(H,38,39)/t33-/m0/s1. The summed E-state index contributed by atoms with van der Waals surface area (Å²) in [7, 11) is 1.84. The number of carbonyl (C=O) groups excluding carboxylic acids is 2. The average Bonchev–Trinajstić information content (AvgIpc) is 3.88. The molecule has 0 radical (unpaired) electrons. The molecule has 3 aliphatic heterocycles. The summed E-state index contributed by atoms with van der Waals surface area (Å²) in [6.07, 6.45) is 6.72. The van der Waals surface area contributed by atoms with Gasteiger partial charge in [-0.25, -0.2) is 15.0 Å². The zero-order chi connectivity index (χ0) is 32.1. The zero-order valence-corrected chi connectivity index (χ0v) is 26.5. The number of hydrogen-bond donors (Lipinski definition) is 1. The second-order valence-electron chi connectivity index (χ2n) is 12.8. The molecule has 3 fully saturated rings. The summed E-state index contributed by atoms with van der Waals surface area (Å²) in [4.78, 5) is 53.5. The molecule has 5 aromatic rings. The zero-order valence-electron chi connectivity index (χ0n) is 26.5. The van der Waals surface area contributed by atoms with Gasteiger partial charge < -0.3 is 9.80 Å². The van der Waals surface area contributed by atoms with Crippen molar-refractivity contribution in [3.63, 3.8) is 0 Å². The number of aromatic amines is 1. The summed E-state index contributed by atoms with van der Waals surface area (Å²) in [6.45, 7) is 6.90. The number of fused-ring (bicyclic) bond motifs is 1. The summed E-state index contributed by atoms with van der Waals surface area (Å²) in [5.74, 6) is 2.37. The van der Waals surface area contributed by atoms with Crippen LogP contribution in [-0.2, 0) is 16.6 Å². The van der Waals surface area contributed by atoms with E-state index in [1.807, 2.05) is 60.2 Å². The maximum absolute atomic E-state index is 13.9. The van der Waals surface area contributed by atoms with Crippen molar-refractivity contribution < 1.29 is 9.59 Å². The topological polar surface area (TPSA) is 145 Å². The Hall–Kier alpha value is -5.24. The number of rotatable bonds is 6. The Labute approximate surface area is 271 Å². The van der Waals surface area contributed by atoms with Crippen molar-refractivity contribution in [1.29, 1.82) is 0 Å². The first-order chi connectivity index (χ1) is 22.8. The van der Waals surface area contributed by atoms with E-state index in [1.54, 1.807) is 23.4 Å². The molecule has 2 amide bonds. The third-order valence-corrected chi connectivity index (χ3v) is 9.71. The van der Waals surface area contributed by atoms with Crippen molar-refractivity contribution in [2.45, 2.75) is 19.8 Å². The average molecular weight is 633 g/mol. The second-order valence-corrected chi connectivity index (χ2v) is 12.8. The Bertz CT molecular complexity index is 1960. The van der Waals surface area contributed by atoms with Crippen molar-refractivity contribution in [3.8, 4) is 22.6 Å². The van der Waals surface area contributed by atoms with Crippen LogP contribution in [0.1, 0.15) is 18.5 Å². The molecule has 8 rings (SSSR count). The van der Waals surface area contributed by atoms with Gasteiger partial charge in [0, 0.05) is 75.5 Å². The summed E-state index contributed by atoms with van der Waals surface area (Å²) in [6, 6.07) is 11.7. The van der Waals surface area contributed by atoms with Gasteiger partial charge in [0.1, 0.15) is 29.2 Å². The number of amides is 2. The minimum Gasteiger partial charge on any atom is -0.353 e. The number of carbonyl (C=O) groups is 2. The Kier molecular flexibility index (Phi) is 7.16. The van der Waals surface area contributed by atoms with E-state index in [9.17, 15) is 9.59 Å². The number of aryl methyl sites for hydroxylation is 2. The van der Waals surface area contributed by atoms with Crippen LogP contribution >= 0.6 is 0 Å². The molecule has 240 valence electrons. The van der Waals surface area contributed by atoms with Gasteiger partial charge in [-0.05, 0) is 62.7 Å². The molecule has 47 heavy (non-hydrogen) atoms. The van der Waals surface area contributed by atoms with Crippen LogP contribution in [-0.4, -0.2) is 114 Å². The highest BCUT2D eigenvalue weighted by Gasteiger charge is 2.51. The van der Waals surface area contributed by atoms with Crippen LogP contribution < -0.4 is 9.80 Å². The highest BCUT2D eigenvalue weighted by Crippen LogP contribution is 2.42. The van der Waals surface area contributed by atoms with Crippen LogP contribution in [0.4, 0.5) is 11.6 Å². The van der Waals surface area contributed by atoms with Crippen molar-refractivity contribution in [3.05, 3.63) is 60.8 Å². The first kappa shape index (κ1) is 29.2. The van der Waals surface area contributed by atoms with E-state index in [2.05, 4.69) is 40.0 Å². The van der Waals surface area contributed by atoms with E-state index >= 15 is 0 Å². The SMILES string of the molecule is Cc1cc(-c2n[nH]c3ccc(N4CC[C@]5(CCN(CC(=O)N6CCN(c7ccc(-c8ncn(C)n8)cn7)CC6)C5)C4=O)nc23)ccn1. The van der Waals surface area contributed by atoms with Gasteiger partial charge in [-0.2, -0.15) is 10.2 Å². The van der Waals surface area contributed by atoms with Gasteiger partial charge in [-0.15, -0.1) is 0 Å². The van der Waals surface area contributed by atoms with Gasteiger partial charge in [-0.3, -0.25) is 34.2 Å². The largest absolute Gasteiger partial charge is 0.353 e. The fourth-order valence-electron chi connectivity index (χ4n) is 7.10. The van der Waals surface area contributed by atoms with Crippen LogP contribution in [0, 0.1) is 12.3 Å². The molecular weight excluding hydrogens is 596 g/mol. The van der Waals surface area contributed by atoms with Gasteiger partial charge in [0.2, 0.25) is 11.8 Å². The lowest BCUT2D eigenvalue weighted by molar-refractivity contribution is -0.133. The number of aromatic nitrogens is 8. The highest BCUT2D eigenvalue weighted by atomic mass is 16.2. The van der Waals surface area contributed by atoms with Crippen LogP contribution in [0.3, 0.4) is 0 Å². The van der Waals surface area contributed by atoms with E-state index in [4.69, 9.17) is 4.98 Å². The van der Waals surface area contributed by atoms with E-state index in [0.29, 0.717) is 57.5 Å². The molecule has 14 nitrogen and oxygen atoms in total. The predicted molar refractivity (Wildman–Crippen MR) is 175 cm³/mol. The fraction of sp³-hybridized carbons (Fsp3) is 0.394. The van der Waals surface area contributed by atoms with Gasteiger partial charge >= 0.3 is 0 Å². The van der Waals surface area contributed by atoms with Gasteiger partial charge in [-0.1, -0.05) is 0 Å². The molecule has 14 heteroatoms. The monoisotopic (exact) mass is 632 g/mol. The third-order valence-electron chi connectivity index (χ3n) is 9.71. The fourth-order valence-corrected chi connectivity index (χ4v) is 7.10. The van der Waals surface area contributed by atoms with E-state index in [-0.39, 0.29) is 11.8 Å². The van der Waals surface area contributed by atoms with Crippen molar-refractivity contribution >= 4 is 34.5 Å². The molecule has 1 N–H and O–H groups in total. The lowest BCUT2D eigenvalue weighted by Crippen LogP contribution is -2.51. The highest BCUT2D eigenvalue weighted by molar-refractivity contribution is 6.01. The van der Waals surface area contributed by atoms with E-state index in [1.165, 1.54) is 0 Å². The van der Waals surface area contributed by atoms with Crippen molar-refractivity contribution in [2.75, 3.05) is 62.2 Å². The number of piperazine rings is 1. The smallest absolute Gasteiger partial charge is 0.236 e. The number of pyridine rings is 3. The molecule has 0 aliphatic carbocycles. The number of nitrogens with one attached hydrogen (secondary N) is 1. The number of anilines is 2. The Balaban J connectivity index is 0.876. The maximum Gasteiger partial charge on any atom is 0.236 e. The molecule has 0 bridgehead atoms. The number of nitrogens with zero attached hydrogens (tertiary/aromatic N) is 11. The number of hydrogen-bond acceptors (Lipinski definition) is 10. The minimum atomic E-state index is -0.486. The minimum absolute atomic E-state index is 0.0926. The predicted octanol–water partition coefficient (Wildman–Crippen LogP) is 2.30. The molecule has 3 saturated heterocycles. The molecule has 5 aromatic heterocycles. The molecule has 0 saturated carbocycles. The quantitative estimate of drug-likeness (QED) is 0.296. The van der Waals surface area contributed by atoms with Gasteiger partial charge in [0.25, 0.3) is 0 Å². The normalized spacial score (nSPS) is 20.3. The summed E-state index contributed by atoms with van der Waals surface area (Å²) in [5.41, 5.74) is 4.51. The molecule has 0 aromatic carbocycles. The first-order valence-corrected chi connectivity index (χ1v) is 16.0. The maximum atomic E-state index is 13.9. The van der Waals surface area contributed by atoms with Crippen molar-refractivity contribution in [1.82, 2.24) is 49.7 Å². The van der Waals surface area contributed by atoms with Gasteiger partial charge in [0.15, 0.2) is 5.82 Å². The molecule has 1 atom stereocenters. The van der Waals surface area contributed by atoms with E-state index < -0.39 is 5.41 Å². The molecule has 1 spiro atoms. The van der Waals surface area contributed by atoms with Crippen LogP contribution in [0.25, 0.3) is 33.7 Å². The Morgan fingerprint density at radius 2 is 1.77 bits per heavy atom. The first-order valence-electron chi connectivity index (χ1n) is 16.0. The summed E-state index contributed by atoms with van der Waals surface area (Å²) >= 11 is 0. The lowest BCUT2D eigenvalue weighted by Gasteiger charge is -2.36. The summed E-state index contributed by atoms with van der Waals surface area (Å²) < 4.78 is 1.67. The van der Waals surface area contributed by atoms with Crippen LogP contribution in [0.2, 0.25) is 0 Å². The second kappa shape index (κ2) is 11.5. The number of H-pyrrole nitrogens is 1. The van der Waals surface area contributed by atoms with Crippen LogP contribution in [0.15, 0.2) is 55.1 Å². The Morgan fingerprint density at radius 3 is 2.53 bits per heavy atom. The Morgan fingerprint density at radius 1 is 0.936 bits per heavy atom. The molecule has 8 heterocycles. The number of likely N-dealkylation sites (tertiary alicyclic amines) is 1. The van der Waals surface area contributed by atoms with Gasteiger partial charge in [0.05, 0.1) is 17.5 Å². The molecular formula is C33H36N12O2. The lowest BCUT2D eigenvalue weighted by atomic mass is 9.85. The third kappa shape index (κ3) is 5.37. The van der Waals surface area contributed by atoms with Crippen LogP contribution in [0.5, 0.6) is 0 Å². The molecule has 3 aliphatic rings.